The molecule has 1 amide bonds. The minimum atomic E-state index is -0.131. The lowest BCUT2D eigenvalue weighted by molar-refractivity contribution is 0.0975. The van der Waals surface area contributed by atoms with Gasteiger partial charge in [-0.25, -0.2) is 4.68 Å². The smallest absolute Gasteiger partial charge is 0.279 e. The Morgan fingerprint density at radius 3 is 2.75 bits per heavy atom. The van der Waals surface area contributed by atoms with E-state index in [2.05, 4.69) is 37.3 Å². The van der Waals surface area contributed by atoms with Gasteiger partial charge in [0, 0.05) is 17.9 Å². The van der Waals surface area contributed by atoms with Crippen LogP contribution in [0.25, 0.3) is 5.82 Å². The van der Waals surface area contributed by atoms with Crippen LogP contribution in [-0.2, 0) is 6.42 Å². The Morgan fingerprint density at radius 2 is 2.04 bits per heavy atom. The standard InChI is InChI=1S/C17H14BrN5O/c1-11-8-12-4-2-3-5-15(12)23(11)17(24)14-6-7-16(21-20-14)22-10-13(18)9-19-22/h2-7,9-11H,8H2,1H3/t11-/m0/s1. The summed E-state index contributed by atoms with van der Waals surface area (Å²) in [5.41, 5.74) is 2.47. The predicted molar refractivity (Wildman–Crippen MR) is 93.3 cm³/mol. The van der Waals surface area contributed by atoms with Crippen molar-refractivity contribution in [1.82, 2.24) is 20.0 Å². The van der Waals surface area contributed by atoms with Crippen LogP contribution >= 0.6 is 15.9 Å². The highest BCUT2D eigenvalue weighted by atomic mass is 79.9. The number of hydrogen-bond acceptors (Lipinski definition) is 4. The number of amides is 1. The van der Waals surface area contributed by atoms with Crippen molar-refractivity contribution in [3.05, 3.63) is 64.5 Å². The number of benzene rings is 1. The molecule has 4 rings (SSSR count). The first-order valence-corrected chi connectivity index (χ1v) is 8.38. The highest BCUT2D eigenvalue weighted by Gasteiger charge is 2.32. The second kappa shape index (κ2) is 5.83. The molecule has 1 aliphatic rings. The summed E-state index contributed by atoms with van der Waals surface area (Å²) in [6.45, 7) is 2.04. The van der Waals surface area contributed by atoms with Crippen LogP contribution in [0.1, 0.15) is 23.0 Å². The molecule has 0 fully saturated rings. The highest BCUT2D eigenvalue weighted by molar-refractivity contribution is 9.10. The van der Waals surface area contributed by atoms with E-state index >= 15 is 0 Å². The van der Waals surface area contributed by atoms with Crippen molar-refractivity contribution < 1.29 is 4.79 Å². The lowest BCUT2D eigenvalue weighted by Gasteiger charge is -2.22. The first kappa shape index (κ1) is 15.0. The van der Waals surface area contributed by atoms with E-state index in [-0.39, 0.29) is 11.9 Å². The maximum Gasteiger partial charge on any atom is 0.279 e. The van der Waals surface area contributed by atoms with Crippen molar-refractivity contribution in [1.29, 1.82) is 0 Å². The van der Waals surface area contributed by atoms with Gasteiger partial charge in [-0.1, -0.05) is 18.2 Å². The number of para-hydroxylation sites is 1. The molecule has 120 valence electrons. The van der Waals surface area contributed by atoms with Crippen molar-refractivity contribution in [2.75, 3.05) is 4.90 Å². The number of carbonyl (C=O) groups excluding carboxylic acids is 1. The van der Waals surface area contributed by atoms with E-state index in [1.807, 2.05) is 25.1 Å². The Hall–Kier alpha value is -2.54. The van der Waals surface area contributed by atoms with Crippen molar-refractivity contribution >= 4 is 27.5 Å². The fourth-order valence-corrected chi connectivity index (χ4v) is 3.27. The Labute approximate surface area is 147 Å². The monoisotopic (exact) mass is 383 g/mol. The van der Waals surface area contributed by atoms with Gasteiger partial charge in [-0.15, -0.1) is 10.2 Å². The van der Waals surface area contributed by atoms with Crippen molar-refractivity contribution in [2.24, 2.45) is 0 Å². The molecule has 0 unspecified atom stereocenters. The summed E-state index contributed by atoms with van der Waals surface area (Å²) in [5, 5.41) is 12.4. The maximum atomic E-state index is 12.9. The van der Waals surface area contributed by atoms with E-state index < -0.39 is 0 Å². The fourth-order valence-electron chi connectivity index (χ4n) is 2.99. The van der Waals surface area contributed by atoms with Crippen LogP contribution in [0, 0.1) is 0 Å². The van der Waals surface area contributed by atoms with Crippen LogP contribution in [0.2, 0.25) is 0 Å². The molecule has 1 atom stereocenters. The van der Waals surface area contributed by atoms with E-state index in [4.69, 9.17) is 0 Å². The number of nitrogens with zero attached hydrogens (tertiary/aromatic N) is 5. The third-order valence-corrected chi connectivity index (χ3v) is 4.49. The third-order valence-electron chi connectivity index (χ3n) is 4.08. The topological polar surface area (TPSA) is 63.9 Å². The average molecular weight is 384 g/mol. The molecule has 0 saturated carbocycles. The van der Waals surface area contributed by atoms with Crippen molar-refractivity contribution in [2.45, 2.75) is 19.4 Å². The zero-order chi connectivity index (χ0) is 16.7. The van der Waals surface area contributed by atoms with Gasteiger partial charge in [0.25, 0.3) is 5.91 Å². The van der Waals surface area contributed by atoms with Crippen LogP contribution in [0.15, 0.2) is 53.3 Å². The van der Waals surface area contributed by atoms with E-state index in [0.29, 0.717) is 11.5 Å². The number of fused-ring (bicyclic) bond motifs is 1. The van der Waals surface area contributed by atoms with Crippen LogP contribution in [0.5, 0.6) is 0 Å². The molecule has 7 heteroatoms. The van der Waals surface area contributed by atoms with E-state index in [1.165, 1.54) is 5.56 Å². The van der Waals surface area contributed by atoms with Gasteiger partial charge < -0.3 is 4.90 Å². The minimum Gasteiger partial charge on any atom is -0.304 e. The summed E-state index contributed by atoms with van der Waals surface area (Å²) < 4.78 is 2.45. The SMILES string of the molecule is C[C@H]1Cc2ccccc2N1C(=O)c1ccc(-n2cc(Br)cn2)nn1. The molecule has 6 nitrogen and oxygen atoms in total. The van der Waals surface area contributed by atoms with Gasteiger partial charge in [0.05, 0.1) is 10.7 Å². The third kappa shape index (κ3) is 2.50. The van der Waals surface area contributed by atoms with Gasteiger partial charge in [0.15, 0.2) is 11.5 Å². The van der Waals surface area contributed by atoms with Gasteiger partial charge >= 0.3 is 0 Å². The number of rotatable bonds is 2. The summed E-state index contributed by atoms with van der Waals surface area (Å²) in [6.07, 6.45) is 4.31. The van der Waals surface area contributed by atoms with E-state index in [9.17, 15) is 4.79 Å². The number of carbonyl (C=O) groups is 1. The second-order valence-electron chi connectivity index (χ2n) is 5.74. The molecule has 1 aromatic carbocycles. The fraction of sp³-hybridized carbons (Fsp3) is 0.176. The molecule has 0 bridgehead atoms. The summed E-state index contributed by atoms with van der Waals surface area (Å²) in [4.78, 5) is 14.7. The first-order valence-electron chi connectivity index (χ1n) is 7.59. The molecular formula is C17H14BrN5O. The number of anilines is 1. The first-order chi connectivity index (χ1) is 11.6. The highest BCUT2D eigenvalue weighted by Crippen LogP contribution is 2.32. The molecule has 24 heavy (non-hydrogen) atoms. The Balaban J connectivity index is 1.63. The van der Waals surface area contributed by atoms with E-state index in [0.717, 1.165) is 16.6 Å². The average Bonchev–Trinajstić information content (AvgIpc) is 3.17. The predicted octanol–water partition coefficient (Wildman–Crippen LogP) is 3.02. The summed E-state index contributed by atoms with van der Waals surface area (Å²) in [7, 11) is 0. The molecular weight excluding hydrogens is 370 g/mol. The van der Waals surface area contributed by atoms with Gasteiger partial charge in [-0.2, -0.15) is 5.10 Å². The van der Waals surface area contributed by atoms with Crippen LogP contribution in [-0.4, -0.2) is 31.9 Å². The maximum absolute atomic E-state index is 12.9. The number of hydrogen-bond donors (Lipinski definition) is 0. The summed E-state index contributed by atoms with van der Waals surface area (Å²) >= 11 is 3.34. The van der Waals surface area contributed by atoms with Gasteiger partial charge in [-0.3, -0.25) is 4.79 Å². The molecule has 3 heterocycles. The zero-order valence-electron chi connectivity index (χ0n) is 12.9. The number of halogens is 1. The molecule has 0 saturated heterocycles. The van der Waals surface area contributed by atoms with Crippen molar-refractivity contribution in [3.8, 4) is 5.82 Å². The molecule has 0 spiro atoms. The van der Waals surface area contributed by atoms with Crippen molar-refractivity contribution in [3.63, 3.8) is 0 Å². The Morgan fingerprint density at radius 1 is 1.21 bits per heavy atom. The lowest BCUT2D eigenvalue weighted by atomic mass is 10.1. The van der Waals surface area contributed by atoms with E-state index in [1.54, 1.807) is 34.1 Å². The molecule has 0 aliphatic carbocycles. The summed E-state index contributed by atoms with van der Waals surface area (Å²) in [6, 6.07) is 11.5. The normalized spacial score (nSPS) is 16.2. The Bertz CT molecular complexity index is 905. The Kier molecular flexibility index (Phi) is 3.65. The molecule has 1 aliphatic heterocycles. The number of aromatic nitrogens is 4. The van der Waals surface area contributed by atoms with Gasteiger partial charge in [0.2, 0.25) is 0 Å². The molecule has 3 aromatic rings. The quantitative estimate of drug-likeness (QED) is 0.682. The van der Waals surface area contributed by atoms with Crippen LogP contribution in [0.4, 0.5) is 5.69 Å². The van der Waals surface area contributed by atoms with Crippen LogP contribution < -0.4 is 4.90 Å². The molecule has 2 aromatic heterocycles. The van der Waals surface area contributed by atoms with Gasteiger partial charge in [-0.05, 0) is 53.0 Å². The summed E-state index contributed by atoms with van der Waals surface area (Å²) in [5.74, 6) is 0.431. The van der Waals surface area contributed by atoms with Crippen LogP contribution in [0.3, 0.4) is 0 Å². The second-order valence-corrected chi connectivity index (χ2v) is 6.65. The zero-order valence-corrected chi connectivity index (χ0v) is 14.5. The molecule has 0 N–H and O–H groups in total. The minimum absolute atomic E-state index is 0.110. The largest absolute Gasteiger partial charge is 0.304 e. The molecule has 0 radical (unpaired) electrons. The lowest BCUT2D eigenvalue weighted by Crippen LogP contribution is -2.36. The van der Waals surface area contributed by atoms with Gasteiger partial charge in [0.1, 0.15) is 0 Å².